The van der Waals surface area contributed by atoms with Crippen LogP contribution in [0.4, 0.5) is 0 Å². The number of hydrogen-bond acceptors (Lipinski definition) is 2. The molecule has 2 rings (SSSR count). The van der Waals surface area contributed by atoms with Crippen LogP contribution in [0.25, 0.3) is 6.08 Å². The second kappa shape index (κ2) is 6.74. The third kappa shape index (κ3) is 4.92. The van der Waals surface area contributed by atoms with Gasteiger partial charge in [0, 0.05) is 14.0 Å². The van der Waals surface area contributed by atoms with Gasteiger partial charge in [0.25, 0.3) is 0 Å². The first-order chi connectivity index (χ1) is 9.44. The van der Waals surface area contributed by atoms with Crippen LogP contribution in [0.3, 0.4) is 0 Å². The fraction of sp³-hybridized carbons (Fsp3) is 0.0667. The number of halogens is 2. The molecule has 20 heavy (non-hydrogen) atoms. The Bertz CT molecular complexity index is 705. The van der Waals surface area contributed by atoms with Crippen LogP contribution in [0.2, 0.25) is 5.02 Å². The standard InChI is InChI=1S/C15H12ClIO2S/c16-14-5-1-13(2-6-14)11-20(18,19)10-9-12-3-7-15(17)8-4-12/h1-10H,11H2/b10-9+. The minimum Gasteiger partial charge on any atom is -0.224 e. The first-order valence-electron chi connectivity index (χ1n) is 5.85. The maximum atomic E-state index is 12.0. The van der Waals surface area contributed by atoms with Crippen molar-refractivity contribution in [1.29, 1.82) is 0 Å². The van der Waals surface area contributed by atoms with Crippen molar-refractivity contribution in [3.8, 4) is 0 Å². The first-order valence-corrected chi connectivity index (χ1v) is 9.03. The van der Waals surface area contributed by atoms with E-state index in [1.54, 1.807) is 30.3 Å². The fourth-order valence-corrected chi connectivity index (χ4v) is 3.22. The van der Waals surface area contributed by atoms with E-state index in [0.29, 0.717) is 5.02 Å². The van der Waals surface area contributed by atoms with Gasteiger partial charge >= 0.3 is 0 Å². The molecule has 0 spiro atoms. The van der Waals surface area contributed by atoms with Gasteiger partial charge in [-0.25, -0.2) is 8.42 Å². The second-order valence-electron chi connectivity index (χ2n) is 4.29. The minimum absolute atomic E-state index is 0.0228. The monoisotopic (exact) mass is 418 g/mol. The molecule has 0 saturated heterocycles. The highest BCUT2D eigenvalue weighted by Gasteiger charge is 2.07. The summed E-state index contributed by atoms with van der Waals surface area (Å²) in [4.78, 5) is 0. The minimum atomic E-state index is -3.28. The Kier molecular flexibility index (Phi) is 5.23. The molecule has 5 heteroatoms. The number of rotatable bonds is 4. The van der Waals surface area contributed by atoms with Crippen molar-refractivity contribution in [2.24, 2.45) is 0 Å². The van der Waals surface area contributed by atoms with E-state index < -0.39 is 9.84 Å². The van der Waals surface area contributed by atoms with Crippen molar-refractivity contribution in [3.05, 3.63) is 73.7 Å². The van der Waals surface area contributed by atoms with E-state index in [4.69, 9.17) is 11.6 Å². The molecule has 104 valence electrons. The topological polar surface area (TPSA) is 34.1 Å². The van der Waals surface area contributed by atoms with E-state index in [-0.39, 0.29) is 5.75 Å². The van der Waals surface area contributed by atoms with Gasteiger partial charge in [0.05, 0.1) is 5.75 Å². The molecule has 0 N–H and O–H groups in total. The molecule has 0 saturated carbocycles. The third-order valence-corrected chi connectivity index (χ3v) is 4.88. The molecule has 0 aliphatic carbocycles. The van der Waals surface area contributed by atoms with Crippen molar-refractivity contribution >= 4 is 50.1 Å². The van der Waals surface area contributed by atoms with Crippen molar-refractivity contribution in [2.45, 2.75) is 5.75 Å². The van der Waals surface area contributed by atoms with Crippen molar-refractivity contribution < 1.29 is 8.42 Å². The third-order valence-electron chi connectivity index (χ3n) is 2.62. The van der Waals surface area contributed by atoms with Gasteiger partial charge in [0.15, 0.2) is 9.84 Å². The van der Waals surface area contributed by atoms with Crippen LogP contribution >= 0.6 is 34.2 Å². The van der Waals surface area contributed by atoms with Crippen LogP contribution in [-0.2, 0) is 15.6 Å². The van der Waals surface area contributed by atoms with E-state index in [1.807, 2.05) is 24.3 Å². The van der Waals surface area contributed by atoms with Crippen LogP contribution in [0.5, 0.6) is 0 Å². The molecule has 0 amide bonds. The molecule has 0 radical (unpaired) electrons. The van der Waals surface area contributed by atoms with Gasteiger partial charge in [-0.2, -0.15) is 0 Å². The molecule has 0 aromatic heterocycles. The van der Waals surface area contributed by atoms with Crippen molar-refractivity contribution in [2.75, 3.05) is 0 Å². The van der Waals surface area contributed by atoms with Gasteiger partial charge in [0.2, 0.25) is 0 Å². The van der Waals surface area contributed by atoms with Crippen molar-refractivity contribution in [1.82, 2.24) is 0 Å². The van der Waals surface area contributed by atoms with E-state index in [9.17, 15) is 8.42 Å². The average Bonchev–Trinajstić information content (AvgIpc) is 2.41. The zero-order valence-electron chi connectivity index (χ0n) is 10.5. The normalized spacial score (nSPS) is 11.9. The molecule has 2 aromatic rings. The first kappa shape index (κ1) is 15.5. The summed E-state index contributed by atoms with van der Waals surface area (Å²) in [7, 11) is -3.28. The lowest BCUT2D eigenvalue weighted by atomic mass is 10.2. The molecule has 0 heterocycles. The molecule has 0 aliphatic heterocycles. The SMILES string of the molecule is O=S(=O)(/C=C/c1ccc(I)cc1)Cc1ccc(Cl)cc1. The molecular weight excluding hydrogens is 407 g/mol. The predicted octanol–water partition coefficient (Wildman–Crippen LogP) is 4.53. The molecule has 0 atom stereocenters. The van der Waals surface area contributed by atoms with Crippen molar-refractivity contribution in [3.63, 3.8) is 0 Å². The Labute approximate surface area is 137 Å². The fourth-order valence-electron chi connectivity index (χ4n) is 1.62. The summed E-state index contributed by atoms with van der Waals surface area (Å²) in [6.45, 7) is 0. The summed E-state index contributed by atoms with van der Waals surface area (Å²) in [5.74, 6) is -0.0228. The second-order valence-corrected chi connectivity index (χ2v) is 7.86. The Morgan fingerprint density at radius 3 is 2.20 bits per heavy atom. The van der Waals surface area contributed by atoms with E-state index in [0.717, 1.165) is 14.7 Å². The highest BCUT2D eigenvalue weighted by atomic mass is 127. The molecule has 0 bridgehead atoms. The summed E-state index contributed by atoms with van der Waals surface area (Å²) in [5, 5.41) is 1.85. The number of benzene rings is 2. The highest BCUT2D eigenvalue weighted by Crippen LogP contribution is 2.14. The Morgan fingerprint density at radius 2 is 1.60 bits per heavy atom. The molecule has 0 aliphatic rings. The highest BCUT2D eigenvalue weighted by molar-refractivity contribution is 14.1. The maximum Gasteiger partial charge on any atom is 0.175 e. The van der Waals surface area contributed by atoms with E-state index in [1.165, 1.54) is 5.41 Å². The van der Waals surface area contributed by atoms with Gasteiger partial charge in [-0.1, -0.05) is 35.9 Å². The lowest BCUT2D eigenvalue weighted by Crippen LogP contribution is -1.99. The molecule has 2 nitrogen and oxygen atoms in total. The van der Waals surface area contributed by atoms with Crippen LogP contribution < -0.4 is 0 Å². The Morgan fingerprint density at radius 1 is 1.00 bits per heavy atom. The Hall–Kier alpha value is -0.850. The smallest absolute Gasteiger partial charge is 0.175 e. The molecule has 0 fully saturated rings. The summed E-state index contributed by atoms with van der Waals surface area (Å²) in [6, 6.07) is 14.5. The molecule has 0 unspecified atom stereocenters. The summed E-state index contributed by atoms with van der Waals surface area (Å²) in [6.07, 6.45) is 1.61. The average molecular weight is 419 g/mol. The van der Waals surface area contributed by atoms with Gasteiger partial charge in [-0.3, -0.25) is 0 Å². The predicted molar refractivity (Wildman–Crippen MR) is 92.3 cm³/mol. The van der Waals surface area contributed by atoms with Crippen LogP contribution in [0.1, 0.15) is 11.1 Å². The summed E-state index contributed by atoms with van der Waals surface area (Å²) >= 11 is 7.98. The van der Waals surface area contributed by atoms with Gasteiger partial charge in [-0.15, -0.1) is 0 Å². The summed E-state index contributed by atoms with van der Waals surface area (Å²) < 4.78 is 25.1. The quantitative estimate of drug-likeness (QED) is 0.684. The Balaban J connectivity index is 2.11. The molecule has 2 aromatic carbocycles. The van der Waals surface area contributed by atoms with Crippen LogP contribution in [0.15, 0.2) is 53.9 Å². The van der Waals surface area contributed by atoms with Crippen LogP contribution in [-0.4, -0.2) is 8.42 Å². The summed E-state index contributed by atoms with van der Waals surface area (Å²) in [5.41, 5.74) is 1.59. The van der Waals surface area contributed by atoms with Gasteiger partial charge in [-0.05, 0) is 64.1 Å². The maximum absolute atomic E-state index is 12.0. The molecular formula is C15H12ClIO2S. The number of sulfone groups is 1. The van der Waals surface area contributed by atoms with Gasteiger partial charge in [0.1, 0.15) is 0 Å². The van der Waals surface area contributed by atoms with E-state index >= 15 is 0 Å². The van der Waals surface area contributed by atoms with Gasteiger partial charge < -0.3 is 0 Å². The van der Waals surface area contributed by atoms with E-state index in [2.05, 4.69) is 22.6 Å². The zero-order chi connectivity index (χ0) is 14.6. The van der Waals surface area contributed by atoms with Crippen LogP contribution in [0, 0.1) is 3.57 Å². The number of hydrogen-bond donors (Lipinski definition) is 0. The lowest BCUT2D eigenvalue weighted by molar-refractivity contribution is 0.604. The largest absolute Gasteiger partial charge is 0.224 e. The zero-order valence-corrected chi connectivity index (χ0v) is 14.2. The lowest BCUT2D eigenvalue weighted by Gasteiger charge is -2.00.